The summed E-state index contributed by atoms with van der Waals surface area (Å²) in [6, 6.07) is 18.4. The Bertz CT molecular complexity index is 1150. The van der Waals surface area contributed by atoms with Gasteiger partial charge in [-0.1, -0.05) is 43.7 Å². The second-order valence-electron chi connectivity index (χ2n) is 7.19. The standard InChI is InChI=1S/C24H27N3O4S/c1-3-4-16-31-24-20(11-9-15-25-24)18-26-23(28)19-10-8-14-22(17-19)32(29,30)27(2)21-12-6-5-7-13-21/h5-15,17H,3-4,16,18H2,1-2H3,(H,26,28). The third-order valence-electron chi connectivity index (χ3n) is 4.90. The first-order valence-corrected chi connectivity index (χ1v) is 11.9. The molecule has 168 valence electrons. The molecule has 1 heterocycles. The lowest BCUT2D eigenvalue weighted by atomic mass is 10.2. The highest BCUT2D eigenvalue weighted by molar-refractivity contribution is 7.92. The quantitative estimate of drug-likeness (QED) is 0.469. The fourth-order valence-electron chi connectivity index (χ4n) is 3.01. The first-order valence-electron chi connectivity index (χ1n) is 10.4. The predicted octanol–water partition coefficient (Wildman–Crippen LogP) is 4.02. The van der Waals surface area contributed by atoms with Crippen LogP contribution in [0.2, 0.25) is 0 Å². The van der Waals surface area contributed by atoms with Gasteiger partial charge in [0.1, 0.15) is 0 Å². The van der Waals surface area contributed by atoms with Crippen LogP contribution in [0.3, 0.4) is 0 Å². The number of carbonyl (C=O) groups is 1. The number of nitrogens with one attached hydrogen (secondary N) is 1. The van der Waals surface area contributed by atoms with E-state index in [0.717, 1.165) is 18.4 Å². The third kappa shape index (κ3) is 5.64. The largest absolute Gasteiger partial charge is 0.477 e. The SMILES string of the molecule is CCCCOc1ncccc1CNC(=O)c1cccc(S(=O)(=O)N(C)c2ccccc2)c1. The molecule has 0 aliphatic heterocycles. The average Bonchev–Trinajstić information content (AvgIpc) is 2.83. The van der Waals surface area contributed by atoms with E-state index >= 15 is 0 Å². The zero-order valence-electron chi connectivity index (χ0n) is 18.2. The number of sulfonamides is 1. The molecule has 3 aromatic rings. The molecule has 0 spiro atoms. The highest BCUT2D eigenvalue weighted by Crippen LogP contribution is 2.22. The molecule has 8 heteroatoms. The minimum atomic E-state index is -3.81. The summed E-state index contributed by atoms with van der Waals surface area (Å²) in [6.07, 6.45) is 3.57. The number of unbranched alkanes of at least 4 members (excludes halogenated alkanes) is 1. The van der Waals surface area contributed by atoms with Gasteiger partial charge in [0.25, 0.3) is 15.9 Å². The normalized spacial score (nSPS) is 11.1. The molecular weight excluding hydrogens is 426 g/mol. The van der Waals surface area contributed by atoms with E-state index in [1.807, 2.05) is 12.1 Å². The van der Waals surface area contributed by atoms with Gasteiger partial charge in [0.05, 0.1) is 17.2 Å². The van der Waals surface area contributed by atoms with Crippen molar-refractivity contribution < 1.29 is 17.9 Å². The molecular formula is C24H27N3O4S. The lowest BCUT2D eigenvalue weighted by Gasteiger charge is -2.19. The third-order valence-corrected chi connectivity index (χ3v) is 6.68. The number of hydrogen-bond donors (Lipinski definition) is 1. The molecule has 0 atom stereocenters. The number of ether oxygens (including phenoxy) is 1. The minimum absolute atomic E-state index is 0.0430. The van der Waals surface area contributed by atoms with Crippen LogP contribution in [0, 0.1) is 0 Å². The van der Waals surface area contributed by atoms with Gasteiger partial charge in [0.2, 0.25) is 5.88 Å². The summed E-state index contributed by atoms with van der Waals surface area (Å²) in [5.74, 6) is 0.106. The van der Waals surface area contributed by atoms with E-state index in [-0.39, 0.29) is 22.9 Å². The van der Waals surface area contributed by atoms with Crippen molar-refractivity contribution >= 4 is 21.6 Å². The first kappa shape index (κ1) is 23.3. The van der Waals surface area contributed by atoms with Crippen LogP contribution < -0.4 is 14.4 Å². The molecule has 0 unspecified atom stereocenters. The molecule has 0 saturated heterocycles. The molecule has 0 radical (unpaired) electrons. The number of amides is 1. The van der Waals surface area contributed by atoms with Crippen LogP contribution >= 0.6 is 0 Å². The molecule has 1 N–H and O–H groups in total. The van der Waals surface area contributed by atoms with Gasteiger partial charge in [-0.25, -0.2) is 13.4 Å². The van der Waals surface area contributed by atoms with E-state index in [1.54, 1.807) is 48.7 Å². The Morgan fingerprint density at radius 1 is 1.06 bits per heavy atom. The van der Waals surface area contributed by atoms with Crippen molar-refractivity contribution in [3.05, 3.63) is 84.1 Å². The van der Waals surface area contributed by atoms with Gasteiger partial charge in [0, 0.05) is 30.9 Å². The van der Waals surface area contributed by atoms with Gasteiger partial charge in [-0.15, -0.1) is 0 Å². The number of hydrogen-bond acceptors (Lipinski definition) is 5. The number of benzene rings is 2. The van der Waals surface area contributed by atoms with Crippen molar-refractivity contribution in [1.29, 1.82) is 0 Å². The van der Waals surface area contributed by atoms with Crippen molar-refractivity contribution in [3.63, 3.8) is 0 Å². The Morgan fingerprint density at radius 2 is 1.84 bits per heavy atom. The van der Waals surface area contributed by atoms with Crippen LogP contribution in [0.5, 0.6) is 5.88 Å². The van der Waals surface area contributed by atoms with E-state index in [4.69, 9.17) is 4.74 Å². The van der Waals surface area contributed by atoms with Crippen LogP contribution in [-0.2, 0) is 16.6 Å². The smallest absolute Gasteiger partial charge is 0.264 e. The molecule has 1 aromatic heterocycles. The van der Waals surface area contributed by atoms with E-state index < -0.39 is 10.0 Å². The van der Waals surface area contributed by atoms with Gasteiger partial charge in [-0.2, -0.15) is 0 Å². The van der Waals surface area contributed by atoms with Crippen LogP contribution in [-0.4, -0.2) is 33.0 Å². The van der Waals surface area contributed by atoms with Crippen molar-refractivity contribution in [2.75, 3.05) is 18.0 Å². The molecule has 0 aliphatic carbocycles. The zero-order chi connectivity index (χ0) is 23.0. The fraction of sp³-hybridized carbons (Fsp3) is 0.250. The summed E-state index contributed by atoms with van der Waals surface area (Å²) in [7, 11) is -2.33. The van der Waals surface area contributed by atoms with E-state index in [1.165, 1.54) is 23.5 Å². The maximum absolute atomic E-state index is 13.0. The van der Waals surface area contributed by atoms with Crippen molar-refractivity contribution in [3.8, 4) is 5.88 Å². The monoisotopic (exact) mass is 453 g/mol. The molecule has 7 nitrogen and oxygen atoms in total. The topological polar surface area (TPSA) is 88.6 Å². The van der Waals surface area contributed by atoms with E-state index in [0.29, 0.717) is 18.2 Å². The lowest BCUT2D eigenvalue weighted by molar-refractivity contribution is 0.0950. The Labute approximate surface area is 189 Å². The van der Waals surface area contributed by atoms with Crippen LogP contribution in [0.1, 0.15) is 35.7 Å². The number of pyridine rings is 1. The van der Waals surface area contributed by atoms with Crippen molar-refractivity contribution in [2.45, 2.75) is 31.2 Å². The molecule has 0 aliphatic rings. The Hall–Kier alpha value is -3.39. The number of rotatable bonds is 10. The molecule has 0 fully saturated rings. The summed E-state index contributed by atoms with van der Waals surface area (Å²) >= 11 is 0. The molecule has 0 bridgehead atoms. The number of nitrogens with zero attached hydrogens (tertiary/aromatic N) is 2. The molecule has 1 amide bonds. The van der Waals surface area contributed by atoms with Gasteiger partial charge >= 0.3 is 0 Å². The molecule has 0 saturated carbocycles. The number of aromatic nitrogens is 1. The van der Waals surface area contributed by atoms with E-state index in [9.17, 15) is 13.2 Å². The van der Waals surface area contributed by atoms with Crippen LogP contribution in [0.4, 0.5) is 5.69 Å². The van der Waals surface area contributed by atoms with Gasteiger partial charge in [-0.3, -0.25) is 9.10 Å². The first-order chi connectivity index (χ1) is 15.4. The summed E-state index contributed by atoms with van der Waals surface area (Å²) in [4.78, 5) is 17.0. The second kappa shape index (κ2) is 10.8. The minimum Gasteiger partial charge on any atom is -0.477 e. The molecule has 2 aromatic carbocycles. The predicted molar refractivity (Wildman–Crippen MR) is 124 cm³/mol. The van der Waals surface area contributed by atoms with Crippen molar-refractivity contribution in [1.82, 2.24) is 10.3 Å². The fourth-order valence-corrected chi connectivity index (χ4v) is 4.25. The maximum atomic E-state index is 13.0. The summed E-state index contributed by atoms with van der Waals surface area (Å²) in [5.41, 5.74) is 1.55. The molecule has 3 rings (SSSR count). The maximum Gasteiger partial charge on any atom is 0.264 e. The highest BCUT2D eigenvalue weighted by Gasteiger charge is 2.22. The summed E-state index contributed by atoms with van der Waals surface area (Å²) < 4.78 is 32.9. The Morgan fingerprint density at radius 3 is 2.59 bits per heavy atom. The van der Waals surface area contributed by atoms with E-state index in [2.05, 4.69) is 17.2 Å². The lowest BCUT2D eigenvalue weighted by Crippen LogP contribution is -2.27. The van der Waals surface area contributed by atoms with Gasteiger partial charge in [0.15, 0.2) is 0 Å². The Balaban J connectivity index is 1.72. The van der Waals surface area contributed by atoms with Gasteiger partial charge in [-0.05, 0) is 42.8 Å². The van der Waals surface area contributed by atoms with Crippen LogP contribution in [0.15, 0.2) is 77.8 Å². The van der Waals surface area contributed by atoms with Crippen molar-refractivity contribution in [2.24, 2.45) is 0 Å². The average molecular weight is 454 g/mol. The number of anilines is 1. The summed E-state index contributed by atoms with van der Waals surface area (Å²) in [6.45, 7) is 2.85. The zero-order valence-corrected chi connectivity index (χ0v) is 19.0. The van der Waals surface area contributed by atoms with Crippen LogP contribution in [0.25, 0.3) is 0 Å². The highest BCUT2D eigenvalue weighted by atomic mass is 32.2. The summed E-state index contributed by atoms with van der Waals surface area (Å²) in [5, 5.41) is 2.82. The number of carbonyl (C=O) groups excluding carboxylic acids is 1. The Kier molecular flexibility index (Phi) is 7.83. The second-order valence-corrected chi connectivity index (χ2v) is 9.16. The van der Waals surface area contributed by atoms with Gasteiger partial charge < -0.3 is 10.1 Å². The number of para-hydroxylation sites is 1. The molecule has 32 heavy (non-hydrogen) atoms.